The first kappa shape index (κ1) is 49.4. The van der Waals surface area contributed by atoms with Gasteiger partial charge in [-0.25, -0.2) is 0 Å². The van der Waals surface area contributed by atoms with Crippen LogP contribution in [0, 0.1) is 59.2 Å². The van der Waals surface area contributed by atoms with E-state index in [2.05, 4.69) is 40.7 Å². The summed E-state index contributed by atoms with van der Waals surface area (Å²) < 4.78 is 0. The molecule has 6 nitrogen and oxygen atoms in total. The molecule has 0 spiro atoms. The monoisotopic (exact) mass is 809 g/mol. The number of hydrogen-bond acceptors (Lipinski definition) is 0. The van der Waals surface area contributed by atoms with Crippen LogP contribution in [0.25, 0.3) is 0 Å². The first-order valence-corrected chi connectivity index (χ1v) is 21.1. The molecule has 0 saturated heterocycles. The molecule has 3 fully saturated rings. The summed E-state index contributed by atoms with van der Waals surface area (Å²) in [5.41, 5.74) is 4.12. The number of allylic oxidation sites excluding steroid dienone is 1. The van der Waals surface area contributed by atoms with Crippen molar-refractivity contribution >= 4 is 23.1 Å². The second-order valence-corrected chi connectivity index (χ2v) is 17.7. The first-order valence-electron chi connectivity index (χ1n) is 21.1. The van der Waals surface area contributed by atoms with Gasteiger partial charge in [0.25, 0.3) is 0 Å². The second-order valence-electron chi connectivity index (χ2n) is 17.7. The average molecular weight is 809 g/mol. The Morgan fingerprint density at radius 3 is 1.77 bits per heavy atom. The molecular weight excluding hydrogens is 732 g/mol. The molecule has 0 heterocycles. The molecule has 4 aliphatic carbocycles. The number of ketones is 4. The Bertz CT molecular complexity index is 1490. The zero-order valence-electron chi connectivity index (χ0n) is 35.8. The van der Waals surface area contributed by atoms with Gasteiger partial charge < -0.3 is 19.8 Å². The largest absolute Gasteiger partial charge is 0.446 e. The van der Waals surface area contributed by atoms with Gasteiger partial charge in [-0.1, -0.05) is 113 Å². The van der Waals surface area contributed by atoms with E-state index in [0.717, 1.165) is 48.3 Å². The number of carbonyl (C=O) groups excluding carboxylic acids is 4. The normalized spacial score (nSPS) is 27.5. The van der Waals surface area contributed by atoms with Crippen molar-refractivity contribution in [2.45, 2.75) is 132 Å². The molecule has 308 valence electrons. The van der Waals surface area contributed by atoms with Crippen molar-refractivity contribution in [3.63, 3.8) is 0 Å². The van der Waals surface area contributed by atoms with Crippen molar-refractivity contribution in [1.82, 2.24) is 0 Å². The minimum Gasteiger partial charge on any atom is -0.446 e. The molecule has 4 aliphatic rings. The molecule has 8 N–H and O–H groups in total. The molecule has 2 aromatic carbocycles. The number of hydrogen-bond donors (Lipinski definition) is 0. The molecule has 8 atom stereocenters. The predicted octanol–water partition coefficient (Wildman–Crippen LogP) is 9.55. The maximum absolute atomic E-state index is 9.37. The van der Waals surface area contributed by atoms with Crippen molar-refractivity contribution in [2.24, 2.45) is 46.3 Å². The van der Waals surface area contributed by atoms with Gasteiger partial charge in [-0.3, -0.25) is 9.59 Å². The zero-order valence-corrected chi connectivity index (χ0v) is 37.4. The number of benzene rings is 2. The van der Waals surface area contributed by atoms with Crippen molar-refractivity contribution in [1.29, 1.82) is 0 Å². The van der Waals surface area contributed by atoms with E-state index in [-0.39, 0.29) is 51.0 Å². The van der Waals surface area contributed by atoms with E-state index in [9.17, 15) is 9.59 Å². The van der Waals surface area contributed by atoms with Crippen LogP contribution in [0.15, 0.2) is 72.3 Å². The summed E-state index contributed by atoms with van der Waals surface area (Å²) in [4.78, 5) is 36.5. The fraction of sp³-hybridized carbons (Fsp3) is 0.592. The summed E-state index contributed by atoms with van der Waals surface area (Å²) in [7, 11) is 0. The molecule has 56 heavy (non-hydrogen) atoms. The van der Waals surface area contributed by atoms with E-state index in [1.807, 2.05) is 36.4 Å². The first-order chi connectivity index (χ1) is 26.1. The zero-order chi connectivity index (χ0) is 40.8. The Morgan fingerprint density at radius 2 is 1.29 bits per heavy atom. The van der Waals surface area contributed by atoms with Crippen LogP contribution in [0.2, 0.25) is 0 Å². The predicted molar refractivity (Wildman–Crippen MR) is 233 cm³/mol. The molecule has 0 aromatic heterocycles. The van der Waals surface area contributed by atoms with Gasteiger partial charge in [0.2, 0.25) is 23.1 Å². The molecule has 8 unspecified atom stereocenters. The Hall–Kier alpha value is -2.77. The Kier molecular flexibility index (Phi) is 20.8. The minimum atomic E-state index is 0. The average Bonchev–Trinajstić information content (AvgIpc) is 3.50. The van der Waals surface area contributed by atoms with Crippen LogP contribution in [0.3, 0.4) is 0 Å². The topological polar surface area (TPSA) is 131 Å². The Morgan fingerprint density at radius 1 is 0.768 bits per heavy atom. The summed E-state index contributed by atoms with van der Waals surface area (Å²) in [5.74, 6) is 5.89. The third kappa shape index (κ3) is 13.7. The van der Waals surface area contributed by atoms with Crippen LogP contribution >= 0.6 is 0 Å². The summed E-state index contributed by atoms with van der Waals surface area (Å²) >= 11 is 0. The molecule has 0 amide bonds. The standard InChI is InChI=1S/C27H46O.2C10H9O2.C2H6O.Ti/c1-18(2)7-6-8-19(3)23-11-12-24-22-10-9-20-17-21(28)13-15-26(20,4)25(22)14-16-27(23,24)5;2*1-8(11)7-10(12)9-5-3-2-4-6-9;1-2-3;/h9,18-19,21-25,28H,6-8,10-17H2,1-5H3;2*2-7H,1H3;3H,2H2,1H3;/q;2*-1;;/p+6. The smallest absolute Gasteiger partial charge is 0.247 e. The summed E-state index contributed by atoms with van der Waals surface area (Å²) in [6.07, 6.45) is 20.5. The van der Waals surface area contributed by atoms with Gasteiger partial charge in [-0.05, 0) is 97.7 Å². The van der Waals surface area contributed by atoms with Gasteiger partial charge in [-0.2, -0.15) is 0 Å². The third-order valence-corrected chi connectivity index (χ3v) is 13.1. The Labute approximate surface area is 354 Å². The van der Waals surface area contributed by atoms with Gasteiger partial charge in [0.1, 0.15) is 6.61 Å². The fourth-order valence-corrected chi connectivity index (χ4v) is 10.5. The van der Waals surface area contributed by atoms with Crippen molar-refractivity contribution in [3.8, 4) is 0 Å². The number of rotatable bonds is 11. The maximum Gasteiger partial charge on any atom is 0.247 e. The van der Waals surface area contributed by atoms with Crippen LogP contribution in [-0.4, -0.2) is 65.2 Å². The Balaban J connectivity index is 0.000000321. The summed E-state index contributed by atoms with van der Waals surface area (Å²) in [6, 6.07) is 18.1. The second kappa shape index (κ2) is 23.6. The van der Waals surface area contributed by atoms with Crippen molar-refractivity contribution in [3.05, 3.63) is 96.3 Å². The van der Waals surface area contributed by atoms with Crippen LogP contribution in [0.5, 0.6) is 0 Å². The molecule has 6 rings (SSSR count). The quantitative estimate of drug-likeness (QED) is 0.0535. The van der Waals surface area contributed by atoms with Crippen LogP contribution in [0.4, 0.5) is 0 Å². The summed E-state index contributed by atoms with van der Waals surface area (Å²) in [5, 5.41) is 14.5. The molecule has 7 heteroatoms. The van der Waals surface area contributed by atoms with Gasteiger partial charge >= 0.3 is 0 Å². The van der Waals surface area contributed by atoms with E-state index in [1.165, 1.54) is 84.5 Å². The van der Waals surface area contributed by atoms with Crippen molar-refractivity contribution < 1.29 is 51.1 Å². The molecular formula is C49H76O6Ti+4. The van der Waals surface area contributed by atoms with E-state index < -0.39 is 0 Å². The van der Waals surface area contributed by atoms with E-state index in [0.29, 0.717) is 28.6 Å². The SMILES string of the molecule is CC(=[OH+])[CH-]C(=[OH+])c1ccccc1.CC(=[OH+])[CH-]C(=[OH+])c1ccccc1.CC(C)CCCC(C)C1CCC2C3CC=C4CC([OH2+])CCC4(C)C3CCC12C.CC[OH2+].[Ti]. The summed E-state index contributed by atoms with van der Waals surface area (Å²) in [6.45, 7) is 17.9. The van der Waals surface area contributed by atoms with Crippen molar-refractivity contribution in [2.75, 3.05) is 6.61 Å². The van der Waals surface area contributed by atoms with Crippen LogP contribution < -0.4 is 0 Å². The van der Waals surface area contributed by atoms with Crippen LogP contribution in [0.1, 0.15) is 137 Å². The van der Waals surface area contributed by atoms with E-state index in [1.54, 1.807) is 36.8 Å². The molecule has 0 aliphatic heterocycles. The number of fused-ring (bicyclic) bond motifs is 5. The van der Waals surface area contributed by atoms with Gasteiger partial charge in [0.05, 0.1) is 0 Å². The van der Waals surface area contributed by atoms with E-state index in [4.69, 9.17) is 19.8 Å². The minimum absolute atomic E-state index is 0. The third-order valence-electron chi connectivity index (χ3n) is 13.1. The molecule has 2 aromatic rings. The fourth-order valence-electron chi connectivity index (χ4n) is 10.5. The van der Waals surface area contributed by atoms with E-state index >= 15 is 0 Å². The van der Waals surface area contributed by atoms with Gasteiger partial charge in [-0.15, -0.1) is 24.3 Å². The molecule has 3 saturated carbocycles. The molecule has 0 bridgehead atoms. The van der Waals surface area contributed by atoms with Gasteiger partial charge in [0.15, 0.2) is 6.10 Å². The maximum atomic E-state index is 9.37. The van der Waals surface area contributed by atoms with Crippen LogP contribution in [-0.2, 0) is 21.7 Å². The van der Waals surface area contributed by atoms with Gasteiger partial charge in [0, 0.05) is 55.3 Å². The molecule has 0 radical (unpaired) electrons.